The van der Waals surface area contributed by atoms with Gasteiger partial charge in [0.1, 0.15) is 11.9 Å². The highest BCUT2D eigenvalue weighted by atomic mass is 19.4. The lowest BCUT2D eigenvalue weighted by Crippen LogP contribution is -2.34. The lowest BCUT2D eigenvalue weighted by atomic mass is 10.1. The number of fused-ring (bicyclic) bond motifs is 1. The molecule has 0 bridgehead atoms. The van der Waals surface area contributed by atoms with Crippen LogP contribution in [0.3, 0.4) is 0 Å². The first-order chi connectivity index (χ1) is 13.8. The molecule has 1 aliphatic rings. The van der Waals surface area contributed by atoms with Crippen molar-refractivity contribution in [2.24, 2.45) is 0 Å². The number of para-hydroxylation sites is 1. The Morgan fingerprint density at radius 3 is 2.72 bits per heavy atom. The van der Waals surface area contributed by atoms with Crippen LogP contribution in [0.1, 0.15) is 27.2 Å². The molecular formula is C20H17F3N4O2. The monoisotopic (exact) mass is 402 g/mol. The maximum atomic E-state index is 12.7. The van der Waals surface area contributed by atoms with Gasteiger partial charge in [-0.25, -0.2) is 9.67 Å². The zero-order valence-electron chi connectivity index (χ0n) is 15.4. The number of carbonyl (C=O) groups excluding carboxylic acids is 1. The molecule has 9 heteroatoms. The van der Waals surface area contributed by atoms with Gasteiger partial charge in [0.05, 0.1) is 29.6 Å². The Labute approximate surface area is 164 Å². The van der Waals surface area contributed by atoms with E-state index < -0.39 is 11.7 Å². The molecular weight excluding hydrogens is 385 g/mol. The number of pyridine rings is 1. The molecule has 1 atom stereocenters. The number of halogens is 3. The normalized spacial score (nSPS) is 15.7. The van der Waals surface area contributed by atoms with Gasteiger partial charge < -0.3 is 10.1 Å². The third kappa shape index (κ3) is 3.80. The molecule has 1 unspecified atom stereocenters. The summed E-state index contributed by atoms with van der Waals surface area (Å²) in [5.74, 6) is 0.688. The van der Waals surface area contributed by atoms with Crippen LogP contribution < -0.4 is 10.1 Å². The summed E-state index contributed by atoms with van der Waals surface area (Å²) in [4.78, 5) is 16.3. The van der Waals surface area contributed by atoms with Gasteiger partial charge in [-0.15, -0.1) is 0 Å². The number of alkyl halides is 3. The fraction of sp³-hybridized carbons (Fsp3) is 0.250. The molecule has 0 radical (unpaired) electrons. The Morgan fingerprint density at radius 2 is 2.03 bits per heavy atom. The molecule has 0 spiro atoms. The van der Waals surface area contributed by atoms with Crippen molar-refractivity contribution in [3.63, 3.8) is 0 Å². The molecule has 3 aromatic rings. The molecule has 0 fully saturated rings. The van der Waals surface area contributed by atoms with E-state index >= 15 is 0 Å². The number of nitrogens with zero attached hydrogens (tertiary/aromatic N) is 3. The van der Waals surface area contributed by atoms with E-state index in [9.17, 15) is 18.0 Å². The van der Waals surface area contributed by atoms with Gasteiger partial charge in [0.25, 0.3) is 5.91 Å². The highest BCUT2D eigenvalue weighted by molar-refractivity contribution is 5.95. The van der Waals surface area contributed by atoms with Crippen LogP contribution in [0.25, 0.3) is 5.82 Å². The van der Waals surface area contributed by atoms with Gasteiger partial charge in [-0.3, -0.25) is 4.79 Å². The van der Waals surface area contributed by atoms with E-state index in [0.717, 1.165) is 23.6 Å². The van der Waals surface area contributed by atoms with Crippen LogP contribution in [0.15, 0.2) is 48.8 Å². The second kappa shape index (κ2) is 7.23. The lowest BCUT2D eigenvalue weighted by Gasteiger charge is -2.12. The third-order valence-corrected chi connectivity index (χ3v) is 4.75. The fourth-order valence-electron chi connectivity index (χ4n) is 3.21. The molecule has 29 heavy (non-hydrogen) atoms. The van der Waals surface area contributed by atoms with Crippen molar-refractivity contribution in [1.82, 2.24) is 20.1 Å². The minimum Gasteiger partial charge on any atom is -0.488 e. The van der Waals surface area contributed by atoms with E-state index in [1.54, 1.807) is 6.92 Å². The van der Waals surface area contributed by atoms with Crippen LogP contribution in [0, 0.1) is 6.92 Å². The Kier molecular flexibility index (Phi) is 4.73. The number of benzene rings is 1. The van der Waals surface area contributed by atoms with Gasteiger partial charge in [-0.2, -0.15) is 18.3 Å². The minimum atomic E-state index is -4.46. The summed E-state index contributed by atoms with van der Waals surface area (Å²) < 4.78 is 45.2. The molecule has 6 nitrogen and oxygen atoms in total. The Balaban J connectivity index is 1.42. The van der Waals surface area contributed by atoms with Gasteiger partial charge in [0.15, 0.2) is 5.82 Å². The highest BCUT2D eigenvalue weighted by Crippen LogP contribution is 2.29. The Bertz CT molecular complexity index is 1020. The lowest BCUT2D eigenvalue weighted by molar-refractivity contribution is -0.137. The highest BCUT2D eigenvalue weighted by Gasteiger charge is 2.31. The van der Waals surface area contributed by atoms with E-state index in [0.29, 0.717) is 24.2 Å². The predicted octanol–water partition coefficient (Wildman–Crippen LogP) is 3.33. The molecule has 1 amide bonds. The minimum absolute atomic E-state index is 0.150. The number of aromatic nitrogens is 3. The van der Waals surface area contributed by atoms with Crippen molar-refractivity contribution < 1.29 is 22.7 Å². The molecule has 2 aromatic heterocycles. The van der Waals surface area contributed by atoms with Crippen LogP contribution in [-0.2, 0) is 12.6 Å². The van der Waals surface area contributed by atoms with E-state index in [1.807, 2.05) is 24.3 Å². The van der Waals surface area contributed by atoms with Crippen LogP contribution >= 0.6 is 0 Å². The molecule has 150 valence electrons. The van der Waals surface area contributed by atoms with Crippen LogP contribution in [0.2, 0.25) is 0 Å². The summed E-state index contributed by atoms with van der Waals surface area (Å²) in [5, 5.41) is 6.92. The van der Waals surface area contributed by atoms with Crippen LogP contribution in [-0.4, -0.2) is 33.3 Å². The quantitative estimate of drug-likeness (QED) is 0.727. The van der Waals surface area contributed by atoms with Crippen molar-refractivity contribution >= 4 is 5.91 Å². The predicted molar refractivity (Wildman–Crippen MR) is 98.0 cm³/mol. The third-order valence-electron chi connectivity index (χ3n) is 4.75. The zero-order chi connectivity index (χ0) is 20.6. The van der Waals surface area contributed by atoms with Gasteiger partial charge >= 0.3 is 6.18 Å². The first-order valence-corrected chi connectivity index (χ1v) is 8.94. The van der Waals surface area contributed by atoms with Gasteiger partial charge in [0, 0.05) is 12.6 Å². The summed E-state index contributed by atoms with van der Waals surface area (Å²) in [7, 11) is 0. The molecule has 0 saturated heterocycles. The van der Waals surface area contributed by atoms with E-state index in [2.05, 4.69) is 15.4 Å². The van der Waals surface area contributed by atoms with Gasteiger partial charge in [0.2, 0.25) is 0 Å². The standard InChI is InChI=1S/C20H17F3N4O2/c1-12-16(11-26-27(12)18-7-6-14(9-24-18)20(21,22)23)19(28)25-10-15-8-13-4-2-3-5-17(13)29-15/h2-7,9,11,15H,8,10H2,1H3,(H,25,28). The van der Waals surface area contributed by atoms with Gasteiger partial charge in [-0.05, 0) is 30.7 Å². The molecule has 3 heterocycles. The van der Waals surface area contributed by atoms with Crippen molar-refractivity contribution in [2.45, 2.75) is 25.6 Å². The van der Waals surface area contributed by atoms with Crippen molar-refractivity contribution in [1.29, 1.82) is 0 Å². The summed E-state index contributed by atoms with van der Waals surface area (Å²) in [6.07, 6.45) is -1.79. The summed E-state index contributed by atoms with van der Waals surface area (Å²) in [6, 6.07) is 9.86. The van der Waals surface area contributed by atoms with Crippen molar-refractivity contribution in [3.05, 3.63) is 71.2 Å². The maximum absolute atomic E-state index is 12.7. The van der Waals surface area contributed by atoms with Crippen LogP contribution in [0.4, 0.5) is 13.2 Å². The first-order valence-electron chi connectivity index (χ1n) is 8.94. The maximum Gasteiger partial charge on any atom is 0.417 e. The molecule has 4 rings (SSSR count). The number of ether oxygens (including phenoxy) is 1. The van der Waals surface area contributed by atoms with Crippen molar-refractivity contribution in [2.75, 3.05) is 6.54 Å². The number of carbonyl (C=O) groups is 1. The summed E-state index contributed by atoms with van der Waals surface area (Å²) in [5.41, 5.74) is 1.05. The number of amides is 1. The molecule has 1 aromatic carbocycles. The van der Waals surface area contributed by atoms with Crippen molar-refractivity contribution in [3.8, 4) is 11.6 Å². The number of nitrogens with one attached hydrogen (secondary N) is 1. The summed E-state index contributed by atoms with van der Waals surface area (Å²) >= 11 is 0. The Hall–Kier alpha value is -3.36. The topological polar surface area (TPSA) is 69.0 Å². The average molecular weight is 402 g/mol. The molecule has 0 aliphatic carbocycles. The molecule has 1 N–H and O–H groups in total. The van der Waals surface area contributed by atoms with Gasteiger partial charge in [-0.1, -0.05) is 18.2 Å². The average Bonchev–Trinajstić information content (AvgIpc) is 3.28. The molecule has 1 aliphatic heterocycles. The zero-order valence-corrected chi connectivity index (χ0v) is 15.4. The number of rotatable bonds is 4. The fourth-order valence-corrected chi connectivity index (χ4v) is 3.21. The SMILES string of the molecule is Cc1c(C(=O)NCC2Cc3ccccc3O2)cnn1-c1ccc(C(F)(F)F)cn1. The largest absolute Gasteiger partial charge is 0.488 e. The van der Waals surface area contributed by atoms with E-state index in [4.69, 9.17) is 4.74 Å². The first kappa shape index (κ1) is 19.0. The van der Waals surface area contributed by atoms with Crippen LogP contribution in [0.5, 0.6) is 5.75 Å². The second-order valence-electron chi connectivity index (χ2n) is 6.72. The summed E-state index contributed by atoms with van der Waals surface area (Å²) in [6.45, 7) is 1.99. The second-order valence-corrected chi connectivity index (χ2v) is 6.72. The number of hydrogen-bond donors (Lipinski definition) is 1. The molecule has 0 saturated carbocycles. The van der Waals surface area contributed by atoms with E-state index in [1.165, 1.54) is 16.9 Å². The Morgan fingerprint density at radius 1 is 1.24 bits per heavy atom. The smallest absolute Gasteiger partial charge is 0.417 e. The van der Waals surface area contributed by atoms with E-state index in [-0.39, 0.29) is 17.8 Å². The number of hydrogen-bond acceptors (Lipinski definition) is 4.